The van der Waals surface area contributed by atoms with Crippen LogP contribution in [0.3, 0.4) is 0 Å². The number of pyridine rings is 2. The van der Waals surface area contributed by atoms with E-state index in [1.54, 1.807) is 0 Å². The van der Waals surface area contributed by atoms with E-state index in [0.717, 1.165) is 77.3 Å². The van der Waals surface area contributed by atoms with Crippen LogP contribution >= 0.6 is 15.2 Å². The molecule has 0 amide bonds. The summed E-state index contributed by atoms with van der Waals surface area (Å²) in [5.41, 5.74) is 7.43. The highest BCUT2D eigenvalue weighted by molar-refractivity contribution is 7.52. The average Bonchev–Trinajstić information content (AvgIpc) is 2.96. The smallest absolute Gasteiger partial charge is 0.324 e. The molecule has 0 atom stereocenters. The quantitative estimate of drug-likeness (QED) is 0.0583. The van der Waals surface area contributed by atoms with Gasteiger partial charge in [0, 0.05) is 49.4 Å². The molecule has 8 nitrogen and oxygen atoms in total. The standard InChI is InChI=1S/C34H50N2O6P2/c1-29-27-34(32-17-23-36(24-18-32)20-12-8-4-6-10-14-26-44(40,41)42)30(2)28-33(29)31-15-21-35(22-16-31)19-11-7-3-5-9-13-25-43(37,38)39/h15-18,21-24,27-28H,3-14,19-20,25-26H2,1-2H3,(H2-2,37,38,39,40,41,42)/p+2. The minimum atomic E-state index is -3.85. The highest BCUT2D eigenvalue weighted by Crippen LogP contribution is 2.36. The molecule has 2 heterocycles. The summed E-state index contributed by atoms with van der Waals surface area (Å²) in [6.07, 6.45) is 20.2. The van der Waals surface area contributed by atoms with Crippen LogP contribution in [0, 0.1) is 13.8 Å². The van der Waals surface area contributed by atoms with Gasteiger partial charge in [0.15, 0.2) is 24.8 Å². The van der Waals surface area contributed by atoms with Crippen LogP contribution in [0.1, 0.15) is 88.2 Å². The van der Waals surface area contributed by atoms with Crippen molar-refractivity contribution in [3.63, 3.8) is 0 Å². The Hall–Kier alpha value is -2.18. The number of aryl methyl sites for hydroxylation is 4. The van der Waals surface area contributed by atoms with Gasteiger partial charge >= 0.3 is 15.2 Å². The maximum atomic E-state index is 10.9. The van der Waals surface area contributed by atoms with E-state index >= 15 is 0 Å². The van der Waals surface area contributed by atoms with Crippen LogP contribution < -0.4 is 9.13 Å². The maximum absolute atomic E-state index is 10.9. The molecule has 10 heteroatoms. The van der Waals surface area contributed by atoms with Crippen molar-refractivity contribution in [1.82, 2.24) is 0 Å². The van der Waals surface area contributed by atoms with Gasteiger partial charge in [0.25, 0.3) is 0 Å². The van der Waals surface area contributed by atoms with Crippen molar-refractivity contribution in [2.75, 3.05) is 12.3 Å². The Morgan fingerprint density at radius 3 is 1.11 bits per heavy atom. The molecule has 3 aromatic rings. The Morgan fingerprint density at radius 2 is 0.795 bits per heavy atom. The molecule has 0 saturated heterocycles. The molecule has 0 bridgehead atoms. The van der Waals surface area contributed by atoms with Gasteiger partial charge in [-0.15, -0.1) is 0 Å². The molecule has 2 aromatic heterocycles. The van der Waals surface area contributed by atoms with Gasteiger partial charge in [0.2, 0.25) is 0 Å². The Labute approximate surface area is 263 Å². The first-order chi connectivity index (χ1) is 20.9. The van der Waals surface area contributed by atoms with Crippen LogP contribution in [0.4, 0.5) is 0 Å². The van der Waals surface area contributed by atoms with E-state index in [9.17, 15) is 9.13 Å². The number of nitrogens with zero attached hydrogens (tertiary/aromatic N) is 2. The van der Waals surface area contributed by atoms with Crippen molar-refractivity contribution < 1.29 is 37.8 Å². The summed E-state index contributed by atoms with van der Waals surface area (Å²) < 4.78 is 26.3. The SMILES string of the molecule is Cc1cc(-c2cc[n+](CCCCCCCCP(=O)(O)O)cc2)c(C)cc1-c1cc[n+](CCCCCCCCP(=O)(O)O)cc1. The van der Waals surface area contributed by atoms with E-state index in [0.29, 0.717) is 12.8 Å². The zero-order valence-electron chi connectivity index (χ0n) is 26.5. The lowest BCUT2D eigenvalue weighted by Gasteiger charge is -2.12. The van der Waals surface area contributed by atoms with Crippen molar-refractivity contribution in [1.29, 1.82) is 0 Å². The van der Waals surface area contributed by atoms with Crippen molar-refractivity contribution in [3.8, 4) is 22.3 Å². The van der Waals surface area contributed by atoms with Crippen LogP contribution in [0.25, 0.3) is 22.3 Å². The lowest BCUT2D eigenvalue weighted by atomic mass is 9.92. The maximum Gasteiger partial charge on any atom is 0.325 e. The van der Waals surface area contributed by atoms with Gasteiger partial charge < -0.3 is 19.6 Å². The third kappa shape index (κ3) is 13.9. The average molecular weight is 647 g/mol. The lowest BCUT2D eigenvalue weighted by Crippen LogP contribution is -2.32. The Bertz CT molecular complexity index is 1280. The minimum Gasteiger partial charge on any atom is -0.324 e. The number of hydrogen-bond donors (Lipinski definition) is 4. The first-order valence-corrected chi connectivity index (χ1v) is 19.7. The molecule has 242 valence electrons. The van der Waals surface area contributed by atoms with Gasteiger partial charge in [-0.2, -0.15) is 0 Å². The third-order valence-electron chi connectivity index (χ3n) is 8.21. The van der Waals surface area contributed by atoms with Crippen LogP contribution in [0.15, 0.2) is 61.2 Å². The first kappa shape index (κ1) is 36.3. The van der Waals surface area contributed by atoms with Gasteiger partial charge in [-0.05, 0) is 72.9 Å². The van der Waals surface area contributed by atoms with Gasteiger partial charge in [-0.1, -0.05) is 50.7 Å². The molecule has 0 fully saturated rings. The second kappa shape index (κ2) is 18.1. The normalized spacial score (nSPS) is 12.1. The largest absolute Gasteiger partial charge is 0.325 e. The van der Waals surface area contributed by atoms with Gasteiger partial charge in [-0.3, -0.25) is 9.13 Å². The van der Waals surface area contributed by atoms with Gasteiger partial charge in [0.05, 0.1) is 0 Å². The molecule has 0 aliphatic carbocycles. The molecule has 0 radical (unpaired) electrons. The van der Waals surface area contributed by atoms with Crippen molar-refractivity contribution in [2.24, 2.45) is 0 Å². The summed E-state index contributed by atoms with van der Waals surface area (Å²) in [5.74, 6) is 0. The number of hydrogen-bond acceptors (Lipinski definition) is 2. The molecule has 0 unspecified atom stereocenters. The molecular weight excluding hydrogens is 594 g/mol. The zero-order valence-corrected chi connectivity index (χ0v) is 28.3. The number of unbranched alkanes of at least 4 members (excludes halogenated alkanes) is 10. The van der Waals surface area contributed by atoms with Crippen LogP contribution in [-0.4, -0.2) is 31.9 Å². The first-order valence-electron chi connectivity index (χ1n) is 16.1. The summed E-state index contributed by atoms with van der Waals surface area (Å²) in [5, 5.41) is 0. The monoisotopic (exact) mass is 646 g/mol. The van der Waals surface area contributed by atoms with E-state index < -0.39 is 15.2 Å². The topological polar surface area (TPSA) is 123 Å². The Balaban J connectivity index is 1.43. The van der Waals surface area contributed by atoms with Crippen LogP contribution in [0.2, 0.25) is 0 Å². The number of aromatic nitrogens is 2. The predicted molar refractivity (Wildman–Crippen MR) is 176 cm³/mol. The van der Waals surface area contributed by atoms with Crippen molar-refractivity contribution >= 4 is 15.2 Å². The zero-order chi connectivity index (χ0) is 32.0. The number of benzene rings is 1. The second-order valence-corrected chi connectivity index (χ2v) is 15.7. The Morgan fingerprint density at radius 1 is 0.500 bits per heavy atom. The van der Waals surface area contributed by atoms with E-state index in [1.807, 2.05) is 0 Å². The molecule has 1 aromatic carbocycles. The minimum absolute atomic E-state index is 0.00176. The van der Waals surface area contributed by atoms with E-state index in [4.69, 9.17) is 19.6 Å². The van der Waals surface area contributed by atoms with Gasteiger partial charge in [0.1, 0.15) is 13.1 Å². The number of rotatable bonds is 20. The van der Waals surface area contributed by atoms with Crippen molar-refractivity contribution in [3.05, 3.63) is 72.3 Å². The fourth-order valence-electron chi connectivity index (χ4n) is 5.65. The summed E-state index contributed by atoms with van der Waals surface area (Å²) in [6, 6.07) is 13.3. The summed E-state index contributed by atoms with van der Waals surface area (Å²) in [7, 11) is -7.69. The summed E-state index contributed by atoms with van der Waals surface area (Å²) >= 11 is 0. The van der Waals surface area contributed by atoms with E-state index in [1.165, 1.54) is 33.4 Å². The van der Waals surface area contributed by atoms with E-state index in [-0.39, 0.29) is 12.3 Å². The molecule has 3 rings (SSSR count). The van der Waals surface area contributed by atoms with Crippen LogP contribution in [-0.2, 0) is 22.2 Å². The summed E-state index contributed by atoms with van der Waals surface area (Å²) in [6.45, 7) is 6.29. The highest BCUT2D eigenvalue weighted by Gasteiger charge is 2.13. The fourth-order valence-corrected chi connectivity index (χ4v) is 6.92. The van der Waals surface area contributed by atoms with Crippen molar-refractivity contribution in [2.45, 2.75) is 104 Å². The molecule has 0 aliphatic heterocycles. The summed E-state index contributed by atoms with van der Waals surface area (Å²) in [4.78, 5) is 35.7. The lowest BCUT2D eigenvalue weighted by molar-refractivity contribution is -0.697. The Kier molecular flexibility index (Phi) is 14.9. The molecule has 44 heavy (non-hydrogen) atoms. The fraction of sp³-hybridized carbons (Fsp3) is 0.529. The van der Waals surface area contributed by atoms with E-state index in [2.05, 4.69) is 84.2 Å². The third-order valence-corrected chi connectivity index (χ3v) is 10.0. The second-order valence-electron chi connectivity index (χ2n) is 12.2. The van der Waals surface area contributed by atoms with Gasteiger partial charge in [-0.25, -0.2) is 9.13 Å². The molecule has 4 N–H and O–H groups in total. The molecule has 0 saturated carbocycles. The molecular formula is C34H52N2O6P2+2. The molecule has 0 spiro atoms. The predicted octanol–water partition coefficient (Wildman–Crippen LogP) is 7.25. The highest BCUT2D eigenvalue weighted by atomic mass is 31.2. The van der Waals surface area contributed by atoms with Crippen LogP contribution in [0.5, 0.6) is 0 Å². The molecule has 0 aliphatic rings.